The Hall–Kier alpha value is -3.22. The van der Waals surface area contributed by atoms with Crippen molar-refractivity contribution in [3.8, 4) is 0 Å². The molecule has 0 spiro atoms. The van der Waals surface area contributed by atoms with Crippen LogP contribution in [0.1, 0.15) is 39.0 Å². The maximum Gasteiger partial charge on any atom is 0.254 e. The third kappa shape index (κ3) is 3.69. The highest BCUT2D eigenvalue weighted by Gasteiger charge is 2.43. The summed E-state index contributed by atoms with van der Waals surface area (Å²) < 4.78 is 0. The van der Waals surface area contributed by atoms with E-state index >= 15 is 0 Å². The molecule has 2 fully saturated rings. The van der Waals surface area contributed by atoms with Gasteiger partial charge in [-0.2, -0.15) is 0 Å². The molecule has 1 aromatic heterocycles. The molecule has 2 saturated heterocycles. The maximum atomic E-state index is 13.5. The SMILES string of the molecule is Cc1ccc(C2N=CC=CN2)c(C(=O)N2CC3CN(c4nc(C)cnc4C)CC3C2)c1. The van der Waals surface area contributed by atoms with Crippen LogP contribution in [-0.2, 0) is 0 Å². The fraction of sp³-hybridized carbons (Fsp3) is 0.417. The van der Waals surface area contributed by atoms with Crippen molar-refractivity contribution in [2.24, 2.45) is 16.8 Å². The van der Waals surface area contributed by atoms with E-state index in [4.69, 9.17) is 4.98 Å². The molecule has 3 aliphatic rings. The van der Waals surface area contributed by atoms with E-state index in [9.17, 15) is 4.79 Å². The predicted octanol–water partition coefficient (Wildman–Crippen LogP) is 2.80. The number of anilines is 1. The number of fused-ring (bicyclic) bond motifs is 1. The minimum Gasteiger partial charge on any atom is -0.366 e. The lowest BCUT2D eigenvalue weighted by Gasteiger charge is -2.25. The first-order valence-electron chi connectivity index (χ1n) is 10.9. The summed E-state index contributed by atoms with van der Waals surface area (Å²) in [5.74, 6) is 2.03. The first-order valence-corrected chi connectivity index (χ1v) is 10.9. The molecule has 4 heterocycles. The maximum absolute atomic E-state index is 13.5. The molecular formula is C24H28N6O. The van der Waals surface area contributed by atoms with Crippen LogP contribution in [0.5, 0.6) is 0 Å². The number of aromatic nitrogens is 2. The van der Waals surface area contributed by atoms with Crippen LogP contribution in [-0.4, -0.2) is 53.2 Å². The molecule has 0 saturated carbocycles. The molecule has 3 aliphatic heterocycles. The van der Waals surface area contributed by atoms with Crippen molar-refractivity contribution >= 4 is 17.9 Å². The van der Waals surface area contributed by atoms with Crippen LogP contribution in [0.4, 0.5) is 5.82 Å². The molecule has 0 aliphatic carbocycles. The number of likely N-dealkylation sites (tertiary alicyclic amines) is 1. The highest BCUT2D eigenvalue weighted by Crippen LogP contribution is 2.35. The van der Waals surface area contributed by atoms with Gasteiger partial charge in [0.1, 0.15) is 12.0 Å². The number of carbonyl (C=O) groups is 1. The third-order valence-corrected chi connectivity index (χ3v) is 6.53. The third-order valence-electron chi connectivity index (χ3n) is 6.53. The van der Waals surface area contributed by atoms with Crippen LogP contribution < -0.4 is 10.2 Å². The van der Waals surface area contributed by atoms with Crippen LogP contribution in [0.3, 0.4) is 0 Å². The Kier molecular flexibility index (Phi) is 4.96. The van der Waals surface area contributed by atoms with Crippen molar-refractivity contribution in [2.75, 3.05) is 31.1 Å². The zero-order chi connectivity index (χ0) is 21.5. The lowest BCUT2D eigenvalue weighted by atomic mass is 10.0. The number of aliphatic imine (C=N–C) groups is 1. The largest absolute Gasteiger partial charge is 0.366 e. The molecule has 7 nitrogen and oxygen atoms in total. The Morgan fingerprint density at radius 3 is 2.58 bits per heavy atom. The molecule has 5 rings (SSSR count). The number of rotatable bonds is 3. The average Bonchev–Trinajstić information content (AvgIpc) is 3.35. The topological polar surface area (TPSA) is 73.7 Å². The second kappa shape index (κ2) is 7.80. The van der Waals surface area contributed by atoms with Crippen molar-refractivity contribution in [2.45, 2.75) is 26.9 Å². The normalized spacial score (nSPS) is 24.4. The van der Waals surface area contributed by atoms with E-state index < -0.39 is 0 Å². The van der Waals surface area contributed by atoms with E-state index in [2.05, 4.69) is 20.2 Å². The summed E-state index contributed by atoms with van der Waals surface area (Å²) in [5.41, 5.74) is 4.68. The van der Waals surface area contributed by atoms with Gasteiger partial charge in [0, 0.05) is 61.6 Å². The molecule has 1 aromatic carbocycles. The van der Waals surface area contributed by atoms with E-state index in [0.29, 0.717) is 11.8 Å². The van der Waals surface area contributed by atoms with Gasteiger partial charge in [0.2, 0.25) is 0 Å². The Balaban J connectivity index is 1.33. The zero-order valence-corrected chi connectivity index (χ0v) is 18.2. The summed E-state index contributed by atoms with van der Waals surface area (Å²) in [4.78, 5) is 31.6. The summed E-state index contributed by atoms with van der Waals surface area (Å²) in [6, 6.07) is 6.07. The van der Waals surface area contributed by atoms with Gasteiger partial charge in [-0.25, -0.2) is 4.98 Å². The highest BCUT2D eigenvalue weighted by molar-refractivity contribution is 5.96. The fourth-order valence-corrected chi connectivity index (χ4v) is 4.96. The van der Waals surface area contributed by atoms with Gasteiger partial charge < -0.3 is 15.1 Å². The summed E-state index contributed by atoms with van der Waals surface area (Å²) in [7, 11) is 0. The van der Waals surface area contributed by atoms with Gasteiger partial charge in [0.15, 0.2) is 0 Å². The Morgan fingerprint density at radius 1 is 1.10 bits per heavy atom. The van der Waals surface area contributed by atoms with Crippen LogP contribution in [0, 0.1) is 32.6 Å². The number of amides is 1. The molecule has 1 amide bonds. The summed E-state index contributed by atoms with van der Waals surface area (Å²) in [6.07, 6.45) is 7.11. The number of allylic oxidation sites excluding steroid dienone is 1. The predicted molar refractivity (Wildman–Crippen MR) is 121 cm³/mol. The monoisotopic (exact) mass is 416 g/mol. The number of nitrogens with one attached hydrogen (secondary N) is 1. The highest BCUT2D eigenvalue weighted by atomic mass is 16.2. The minimum atomic E-state index is -0.218. The smallest absolute Gasteiger partial charge is 0.254 e. The van der Waals surface area contributed by atoms with Gasteiger partial charge in [-0.1, -0.05) is 17.7 Å². The van der Waals surface area contributed by atoms with Crippen molar-refractivity contribution < 1.29 is 4.79 Å². The van der Waals surface area contributed by atoms with Crippen LogP contribution in [0.15, 0.2) is 41.7 Å². The van der Waals surface area contributed by atoms with Gasteiger partial charge in [-0.15, -0.1) is 0 Å². The van der Waals surface area contributed by atoms with Gasteiger partial charge in [0.25, 0.3) is 5.91 Å². The summed E-state index contributed by atoms with van der Waals surface area (Å²) in [5, 5.41) is 3.25. The quantitative estimate of drug-likeness (QED) is 0.833. The molecular weight excluding hydrogens is 388 g/mol. The van der Waals surface area contributed by atoms with Gasteiger partial charge in [0.05, 0.1) is 11.4 Å². The van der Waals surface area contributed by atoms with E-state index in [0.717, 1.165) is 60.1 Å². The van der Waals surface area contributed by atoms with Gasteiger partial charge in [-0.05, 0) is 39.1 Å². The second-order valence-corrected chi connectivity index (χ2v) is 8.87. The molecule has 160 valence electrons. The molecule has 3 unspecified atom stereocenters. The number of aryl methyl sites for hydroxylation is 3. The van der Waals surface area contributed by atoms with Gasteiger partial charge in [-0.3, -0.25) is 14.8 Å². The first kappa shape index (κ1) is 19.7. The van der Waals surface area contributed by atoms with Crippen LogP contribution in [0.25, 0.3) is 0 Å². The Bertz CT molecular complexity index is 1060. The van der Waals surface area contributed by atoms with Crippen molar-refractivity contribution in [3.05, 3.63) is 64.8 Å². The van der Waals surface area contributed by atoms with Crippen molar-refractivity contribution in [1.82, 2.24) is 20.2 Å². The van der Waals surface area contributed by atoms with E-state index in [-0.39, 0.29) is 12.1 Å². The van der Waals surface area contributed by atoms with Crippen LogP contribution >= 0.6 is 0 Å². The summed E-state index contributed by atoms with van der Waals surface area (Å²) >= 11 is 0. The molecule has 1 N–H and O–H groups in total. The Labute approximate surface area is 182 Å². The summed E-state index contributed by atoms with van der Waals surface area (Å²) in [6.45, 7) is 9.44. The minimum absolute atomic E-state index is 0.109. The van der Waals surface area contributed by atoms with E-state index in [1.54, 1.807) is 6.21 Å². The first-order chi connectivity index (χ1) is 15.0. The molecule has 3 atom stereocenters. The van der Waals surface area contributed by atoms with Crippen molar-refractivity contribution in [1.29, 1.82) is 0 Å². The standard InChI is InChI=1S/C24H28N6O/c1-15-5-6-20(22-25-7-4-8-26-22)21(9-15)24(31)30-13-18-11-29(12-19(18)14-30)23-17(3)27-10-16(2)28-23/h4-10,18-19,22,25H,11-14H2,1-3H3. The number of carbonyl (C=O) groups excluding carboxylic acids is 1. The Morgan fingerprint density at radius 2 is 1.87 bits per heavy atom. The lowest BCUT2D eigenvalue weighted by Crippen LogP contribution is -2.35. The zero-order valence-electron chi connectivity index (χ0n) is 18.2. The average molecular weight is 417 g/mol. The van der Waals surface area contributed by atoms with Gasteiger partial charge >= 0.3 is 0 Å². The molecule has 31 heavy (non-hydrogen) atoms. The van der Waals surface area contributed by atoms with E-state index in [1.807, 2.05) is 62.3 Å². The van der Waals surface area contributed by atoms with E-state index in [1.165, 1.54) is 0 Å². The second-order valence-electron chi connectivity index (χ2n) is 8.87. The lowest BCUT2D eigenvalue weighted by molar-refractivity contribution is 0.0780. The molecule has 0 radical (unpaired) electrons. The number of nitrogens with zero attached hydrogens (tertiary/aromatic N) is 5. The number of benzene rings is 1. The fourth-order valence-electron chi connectivity index (χ4n) is 4.96. The number of hydrogen-bond acceptors (Lipinski definition) is 6. The molecule has 7 heteroatoms. The molecule has 2 aromatic rings. The van der Waals surface area contributed by atoms with Crippen LogP contribution in [0.2, 0.25) is 0 Å². The van der Waals surface area contributed by atoms with Crippen molar-refractivity contribution in [3.63, 3.8) is 0 Å². The molecule has 0 bridgehead atoms. The number of hydrogen-bond donors (Lipinski definition) is 1.